The van der Waals surface area contributed by atoms with E-state index in [2.05, 4.69) is 0 Å². The van der Waals surface area contributed by atoms with Gasteiger partial charge in [0.25, 0.3) is 0 Å². The number of hydrogen-bond donors (Lipinski definition) is 1. The second-order valence-electron chi connectivity index (χ2n) is 3.24. The van der Waals surface area contributed by atoms with Crippen molar-refractivity contribution >= 4 is 6.09 Å². The fraction of sp³-hybridized carbons (Fsp3) is 0.364. The molecule has 0 heterocycles. The predicted octanol–water partition coefficient (Wildman–Crippen LogP) is 1.81. The maximum Gasteiger partial charge on any atom is 0.407 e. The molecule has 0 fully saturated rings. The molecule has 0 bridgehead atoms. The van der Waals surface area contributed by atoms with E-state index in [-0.39, 0.29) is 0 Å². The SMILES string of the molecule is CN(CCOCc1ccccc1)C(=O)O. The van der Waals surface area contributed by atoms with Crippen molar-refractivity contribution in [2.45, 2.75) is 6.61 Å². The lowest BCUT2D eigenvalue weighted by atomic mass is 10.2. The van der Waals surface area contributed by atoms with Gasteiger partial charge in [-0.1, -0.05) is 30.3 Å². The minimum absolute atomic E-state index is 0.391. The van der Waals surface area contributed by atoms with Crippen LogP contribution in [0.2, 0.25) is 0 Å². The van der Waals surface area contributed by atoms with Crippen LogP contribution in [0.5, 0.6) is 0 Å². The minimum Gasteiger partial charge on any atom is -0.465 e. The minimum atomic E-state index is -0.932. The molecule has 0 aliphatic rings. The molecule has 1 rings (SSSR count). The molecule has 1 aromatic rings. The van der Waals surface area contributed by atoms with E-state index in [0.29, 0.717) is 19.8 Å². The molecule has 0 aliphatic carbocycles. The van der Waals surface area contributed by atoms with E-state index >= 15 is 0 Å². The van der Waals surface area contributed by atoms with E-state index in [1.165, 1.54) is 11.9 Å². The fourth-order valence-electron chi connectivity index (χ4n) is 1.06. The first-order valence-electron chi connectivity index (χ1n) is 4.76. The molecule has 0 aromatic heterocycles. The summed E-state index contributed by atoms with van der Waals surface area (Å²) in [6, 6.07) is 9.79. The van der Waals surface area contributed by atoms with Crippen molar-refractivity contribution in [2.24, 2.45) is 0 Å². The summed E-state index contributed by atoms with van der Waals surface area (Å²) in [5.74, 6) is 0. The third-order valence-electron chi connectivity index (χ3n) is 2.01. The first-order valence-corrected chi connectivity index (χ1v) is 4.76. The first-order chi connectivity index (χ1) is 7.20. The van der Waals surface area contributed by atoms with Crippen LogP contribution in [-0.2, 0) is 11.3 Å². The van der Waals surface area contributed by atoms with Crippen molar-refractivity contribution in [3.63, 3.8) is 0 Å². The van der Waals surface area contributed by atoms with Crippen molar-refractivity contribution in [1.29, 1.82) is 0 Å². The number of ether oxygens (including phenoxy) is 1. The van der Waals surface area contributed by atoms with Gasteiger partial charge in [0.05, 0.1) is 13.2 Å². The summed E-state index contributed by atoms with van der Waals surface area (Å²) in [6.07, 6.45) is -0.932. The molecule has 1 N–H and O–H groups in total. The normalized spacial score (nSPS) is 9.93. The molecule has 0 spiro atoms. The van der Waals surface area contributed by atoms with Crippen LogP contribution in [0.4, 0.5) is 4.79 Å². The van der Waals surface area contributed by atoms with Gasteiger partial charge >= 0.3 is 6.09 Å². The van der Waals surface area contributed by atoms with Crippen LogP contribution >= 0.6 is 0 Å². The number of nitrogens with zero attached hydrogens (tertiary/aromatic N) is 1. The molecular formula is C11H15NO3. The largest absolute Gasteiger partial charge is 0.465 e. The highest BCUT2D eigenvalue weighted by Gasteiger charge is 2.03. The van der Waals surface area contributed by atoms with Crippen molar-refractivity contribution in [3.8, 4) is 0 Å². The Morgan fingerprint density at radius 1 is 1.40 bits per heavy atom. The summed E-state index contributed by atoms with van der Waals surface area (Å²) >= 11 is 0. The van der Waals surface area contributed by atoms with Gasteiger partial charge in [0, 0.05) is 13.6 Å². The van der Waals surface area contributed by atoms with E-state index in [4.69, 9.17) is 9.84 Å². The molecule has 82 valence electrons. The molecule has 0 aliphatic heterocycles. The number of amides is 1. The Kier molecular flexibility index (Phi) is 4.63. The Morgan fingerprint density at radius 3 is 2.67 bits per heavy atom. The summed E-state index contributed by atoms with van der Waals surface area (Å²) in [4.78, 5) is 11.6. The average Bonchev–Trinajstić information content (AvgIpc) is 2.25. The van der Waals surface area contributed by atoms with E-state index < -0.39 is 6.09 Å². The van der Waals surface area contributed by atoms with Gasteiger partial charge in [0.1, 0.15) is 0 Å². The summed E-state index contributed by atoms with van der Waals surface area (Å²) in [6.45, 7) is 1.33. The number of carbonyl (C=O) groups is 1. The quantitative estimate of drug-likeness (QED) is 0.752. The summed E-state index contributed by atoms with van der Waals surface area (Å²) in [5, 5.41) is 8.57. The molecule has 0 saturated heterocycles. The van der Waals surface area contributed by atoms with Crippen LogP contribution in [0.25, 0.3) is 0 Å². The number of benzene rings is 1. The summed E-state index contributed by atoms with van der Waals surface area (Å²) in [5.41, 5.74) is 1.09. The van der Waals surface area contributed by atoms with Crippen LogP contribution in [0.1, 0.15) is 5.56 Å². The molecule has 0 unspecified atom stereocenters. The number of rotatable bonds is 5. The van der Waals surface area contributed by atoms with Crippen LogP contribution in [0, 0.1) is 0 Å². The molecule has 0 radical (unpaired) electrons. The van der Waals surface area contributed by atoms with Crippen molar-refractivity contribution in [1.82, 2.24) is 4.90 Å². The average molecular weight is 209 g/mol. The van der Waals surface area contributed by atoms with Gasteiger partial charge in [-0.25, -0.2) is 4.79 Å². The van der Waals surface area contributed by atoms with Crippen LogP contribution < -0.4 is 0 Å². The van der Waals surface area contributed by atoms with E-state index in [1.807, 2.05) is 30.3 Å². The van der Waals surface area contributed by atoms with E-state index in [9.17, 15) is 4.79 Å². The third-order valence-corrected chi connectivity index (χ3v) is 2.01. The van der Waals surface area contributed by atoms with Gasteiger partial charge in [0.2, 0.25) is 0 Å². The van der Waals surface area contributed by atoms with E-state index in [0.717, 1.165) is 5.56 Å². The molecule has 1 aromatic carbocycles. The van der Waals surface area contributed by atoms with Crippen LogP contribution in [-0.4, -0.2) is 36.3 Å². The van der Waals surface area contributed by atoms with Gasteiger partial charge < -0.3 is 14.7 Å². The molecule has 0 saturated carbocycles. The number of likely N-dealkylation sites (N-methyl/N-ethyl adjacent to an activating group) is 1. The fourth-order valence-corrected chi connectivity index (χ4v) is 1.06. The van der Waals surface area contributed by atoms with Gasteiger partial charge in [-0.15, -0.1) is 0 Å². The number of hydrogen-bond acceptors (Lipinski definition) is 2. The zero-order valence-electron chi connectivity index (χ0n) is 8.72. The van der Waals surface area contributed by atoms with E-state index in [1.54, 1.807) is 0 Å². The second-order valence-corrected chi connectivity index (χ2v) is 3.24. The zero-order valence-corrected chi connectivity index (χ0v) is 8.72. The monoisotopic (exact) mass is 209 g/mol. The Hall–Kier alpha value is -1.55. The third kappa shape index (κ3) is 4.46. The van der Waals surface area contributed by atoms with Gasteiger partial charge in [-0.2, -0.15) is 0 Å². The maximum absolute atomic E-state index is 10.4. The molecule has 4 heteroatoms. The topological polar surface area (TPSA) is 49.8 Å². The lowest BCUT2D eigenvalue weighted by Gasteiger charge is -2.12. The van der Waals surface area contributed by atoms with Gasteiger partial charge in [-0.3, -0.25) is 0 Å². The van der Waals surface area contributed by atoms with Gasteiger partial charge in [0.15, 0.2) is 0 Å². The highest BCUT2D eigenvalue weighted by atomic mass is 16.5. The predicted molar refractivity (Wildman–Crippen MR) is 56.8 cm³/mol. The van der Waals surface area contributed by atoms with Crippen molar-refractivity contribution < 1.29 is 14.6 Å². The van der Waals surface area contributed by atoms with Gasteiger partial charge in [-0.05, 0) is 5.56 Å². The molecule has 1 amide bonds. The molecule has 15 heavy (non-hydrogen) atoms. The summed E-state index contributed by atoms with van der Waals surface area (Å²) < 4.78 is 5.34. The maximum atomic E-state index is 10.4. The first kappa shape index (κ1) is 11.5. The Bertz CT molecular complexity index is 300. The Morgan fingerprint density at radius 2 is 2.07 bits per heavy atom. The molecule has 4 nitrogen and oxygen atoms in total. The zero-order chi connectivity index (χ0) is 11.1. The standard InChI is InChI=1S/C11H15NO3/c1-12(11(13)14)7-8-15-9-10-5-3-2-4-6-10/h2-6H,7-9H2,1H3,(H,13,14). The highest BCUT2D eigenvalue weighted by molar-refractivity contribution is 5.64. The van der Waals surface area contributed by atoms with Crippen LogP contribution in [0.3, 0.4) is 0 Å². The molecule has 0 atom stereocenters. The number of carboxylic acid groups (broad SMARTS) is 1. The highest BCUT2D eigenvalue weighted by Crippen LogP contribution is 2.00. The smallest absolute Gasteiger partial charge is 0.407 e. The second kappa shape index (κ2) is 6.03. The van der Waals surface area contributed by atoms with Crippen molar-refractivity contribution in [2.75, 3.05) is 20.2 Å². The lowest BCUT2D eigenvalue weighted by Crippen LogP contribution is -2.28. The summed E-state index contributed by atoms with van der Waals surface area (Å²) in [7, 11) is 1.52. The van der Waals surface area contributed by atoms with Crippen LogP contribution in [0.15, 0.2) is 30.3 Å². The lowest BCUT2D eigenvalue weighted by molar-refractivity contribution is 0.0935. The molecular weight excluding hydrogens is 194 g/mol. The Labute approximate surface area is 89.1 Å². The Balaban J connectivity index is 2.15. The van der Waals surface area contributed by atoms with Crippen molar-refractivity contribution in [3.05, 3.63) is 35.9 Å².